The Balaban J connectivity index is -0.0000000625. The fourth-order valence-corrected chi connectivity index (χ4v) is 0.478. The molecule has 0 aliphatic rings. The molecule has 0 atom stereocenters. The monoisotopic (exact) mass is 236 g/mol. The van der Waals surface area contributed by atoms with Crippen molar-refractivity contribution in [3.8, 4) is 0 Å². The van der Waals surface area contributed by atoms with Crippen LogP contribution in [0.4, 0.5) is 0 Å². The van der Waals surface area contributed by atoms with Crippen LogP contribution in [-0.4, -0.2) is 0 Å². The maximum absolute atomic E-state index is 3.72. The van der Waals surface area contributed by atoms with Gasteiger partial charge in [-0.25, -0.2) is 0 Å². The molecular formula is C13H22Ni-4. The van der Waals surface area contributed by atoms with Crippen molar-refractivity contribution in [3.05, 3.63) is 63.6 Å². The summed E-state index contributed by atoms with van der Waals surface area (Å²) in [6, 6.07) is 9.87. The van der Waals surface area contributed by atoms with Gasteiger partial charge in [-0.3, -0.25) is 0 Å². The van der Waals surface area contributed by atoms with E-state index in [1.54, 1.807) is 20.8 Å². The van der Waals surface area contributed by atoms with Crippen LogP contribution in [0.5, 0.6) is 0 Å². The van der Waals surface area contributed by atoms with E-state index in [2.05, 4.69) is 27.7 Å². The van der Waals surface area contributed by atoms with E-state index in [4.69, 9.17) is 0 Å². The molecule has 0 aromatic heterocycles. The van der Waals surface area contributed by atoms with Gasteiger partial charge in [0, 0.05) is 16.5 Å². The summed E-state index contributed by atoms with van der Waals surface area (Å²) in [4.78, 5) is 0. The molecule has 0 nitrogen and oxygen atoms in total. The summed E-state index contributed by atoms with van der Waals surface area (Å²) < 4.78 is 0. The Morgan fingerprint density at radius 3 is 1.14 bits per heavy atom. The zero-order chi connectivity index (χ0) is 11.1. The van der Waals surface area contributed by atoms with Crippen molar-refractivity contribution in [3.63, 3.8) is 0 Å². The number of hydrogen-bond acceptors (Lipinski definition) is 0. The first kappa shape index (κ1) is 23.4. The van der Waals surface area contributed by atoms with Gasteiger partial charge in [-0.15, -0.1) is 12.1 Å². The van der Waals surface area contributed by atoms with Gasteiger partial charge in [0.25, 0.3) is 0 Å². The molecule has 0 heterocycles. The molecule has 1 heteroatoms. The largest absolute Gasteiger partial charge is 0.346 e. The zero-order valence-electron chi connectivity index (χ0n) is 9.53. The summed E-state index contributed by atoms with van der Waals surface area (Å²) in [5, 5.41) is 0. The second-order valence-corrected chi connectivity index (χ2v) is 1.49. The summed E-state index contributed by atoms with van der Waals surface area (Å²) in [6.45, 7) is 18.7. The fraction of sp³-hybridized carbons (Fsp3) is 0.231. The predicted octanol–water partition coefficient (Wildman–Crippen LogP) is 4.39. The van der Waals surface area contributed by atoms with Crippen molar-refractivity contribution in [2.45, 2.75) is 20.8 Å². The van der Waals surface area contributed by atoms with Crippen LogP contribution in [0, 0.1) is 27.7 Å². The normalized spacial score (nSPS) is 5.57. The standard InChI is InChI=1S/C7H7.3C2H5.Ni/c1-7-5-3-2-4-6-7;3*1-2;/h2-6H,1H2;3*1H2,2H3;/q4*-1;. The van der Waals surface area contributed by atoms with E-state index in [-0.39, 0.29) is 16.5 Å². The summed E-state index contributed by atoms with van der Waals surface area (Å²) in [6.07, 6.45) is 0. The number of rotatable bonds is 0. The van der Waals surface area contributed by atoms with E-state index < -0.39 is 0 Å². The van der Waals surface area contributed by atoms with Gasteiger partial charge in [-0.1, -0.05) is 6.07 Å². The van der Waals surface area contributed by atoms with Crippen LogP contribution in [0.1, 0.15) is 26.3 Å². The van der Waals surface area contributed by atoms with E-state index >= 15 is 0 Å². The maximum Gasteiger partial charge on any atom is 0 e. The SMILES string of the molecule is [CH2-]C.[CH2-]C.[CH2-]C.[CH2-]c1ccccc1.[Ni]. The van der Waals surface area contributed by atoms with E-state index in [0.29, 0.717) is 0 Å². The Kier molecular flexibility index (Phi) is 49.1. The van der Waals surface area contributed by atoms with Crippen LogP contribution < -0.4 is 0 Å². The molecule has 88 valence electrons. The van der Waals surface area contributed by atoms with Crippen LogP contribution in [0.15, 0.2) is 30.3 Å². The third-order valence-electron chi connectivity index (χ3n) is 0.843. The van der Waals surface area contributed by atoms with Gasteiger partial charge in [0.15, 0.2) is 0 Å². The topological polar surface area (TPSA) is 0 Å². The third kappa shape index (κ3) is 22.6. The van der Waals surface area contributed by atoms with Crippen molar-refractivity contribution in [1.29, 1.82) is 0 Å². The average molecular weight is 237 g/mol. The van der Waals surface area contributed by atoms with Gasteiger partial charge in [-0.2, -0.15) is 45.4 Å². The summed E-state index contributed by atoms with van der Waals surface area (Å²) in [5.41, 5.74) is 1.07. The maximum atomic E-state index is 3.72. The van der Waals surface area contributed by atoms with Crippen LogP contribution in [0.25, 0.3) is 0 Å². The van der Waals surface area contributed by atoms with Gasteiger partial charge in [0.2, 0.25) is 0 Å². The number of benzene rings is 1. The van der Waals surface area contributed by atoms with Crippen molar-refractivity contribution >= 4 is 0 Å². The Hall–Kier alpha value is -0.416. The zero-order valence-corrected chi connectivity index (χ0v) is 10.5. The molecule has 0 aliphatic heterocycles. The summed E-state index contributed by atoms with van der Waals surface area (Å²) >= 11 is 0. The second kappa shape index (κ2) is 29.4. The smallest absolute Gasteiger partial charge is 0 e. The molecule has 0 aliphatic carbocycles. The Labute approximate surface area is 101 Å². The third-order valence-corrected chi connectivity index (χ3v) is 0.843. The van der Waals surface area contributed by atoms with Gasteiger partial charge >= 0.3 is 0 Å². The van der Waals surface area contributed by atoms with Crippen molar-refractivity contribution in [1.82, 2.24) is 0 Å². The minimum atomic E-state index is 0. The average Bonchev–Trinajstić information content (AvgIpc) is 2.28. The molecule has 0 saturated carbocycles. The van der Waals surface area contributed by atoms with Crippen LogP contribution >= 0.6 is 0 Å². The molecular weight excluding hydrogens is 215 g/mol. The Morgan fingerprint density at radius 2 is 1.00 bits per heavy atom. The minimum absolute atomic E-state index is 0. The molecule has 0 radical (unpaired) electrons. The molecule has 0 amide bonds. The quantitative estimate of drug-likeness (QED) is 0.463. The van der Waals surface area contributed by atoms with Gasteiger partial charge < -0.3 is 20.8 Å². The van der Waals surface area contributed by atoms with Crippen LogP contribution in [-0.2, 0) is 16.5 Å². The van der Waals surface area contributed by atoms with Crippen molar-refractivity contribution in [2.75, 3.05) is 0 Å². The molecule has 1 aromatic carbocycles. The fourth-order valence-electron chi connectivity index (χ4n) is 0.478. The van der Waals surface area contributed by atoms with E-state index in [0.717, 1.165) is 5.56 Å². The van der Waals surface area contributed by atoms with Crippen molar-refractivity contribution < 1.29 is 16.5 Å². The van der Waals surface area contributed by atoms with Gasteiger partial charge in [0.05, 0.1) is 0 Å². The Bertz CT molecular complexity index is 135. The van der Waals surface area contributed by atoms with Gasteiger partial charge in [-0.05, 0) is 0 Å². The summed E-state index contributed by atoms with van der Waals surface area (Å²) in [7, 11) is 0. The molecule has 1 rings (SSSR count). The van der Waals surface area contributed by atoms with Crippen LogP contribution in [0.2, 0.25) is 0 Å². The molecule has 0 N–H and O–H groups in total. The first-order chi connectivity index (χ1) is 6.39. The van der Waals surface area contributed by atoms with E-state index in [1.165, 1.54) is 0 Å². The first-order valence-electron chi connectivity index (χ1n) is 4.39. The predicted molar refractivity (Wildman–Crippen MR) is 64.0 cm³/mol. The Morgan fingerprint density at radius 1 is 0.714 bits per heavy atom. The molecule has 14 heavy (non-hydrogen) atoms. The minimum Gasteiger partial charge on any atom is -0.346 e. The second-order valence-electron chi connectivity index (χ2n) is 1.49. The molecule has 0 bridgehead atoms. The molecule has 1 aromatic rings. The van der Waals surface area contributed by atoms with Crippen LogP contribution in [0.3, 0.4) is 0 Å². The molecule has 0 spiro atoms. The van der Waals surface area contributed by atoms with E-state index in [9.17, 15) is 0 Å². The summed E-state index contributed by atoms with van der Waals surface area (Å²) in [5.74, 6) is 0. The van der Waals surface area contributed by atoms with E-state index in [1.807, 2.05) is 30.3 Å². The molecule has 0 fully saturated rings. The van der Waals surface area contributed by atoms with Crippen molar-refractivity contribution in [2.24, 2.45) is 0 Å². The molecule has 0 saturated heterocycles. The molecule has 0 unspecified atom stereocenters. The first-order valence-corrected chi connectivity index (χ1v) is 4.39. The number of hydrogen-bond donors (Lipinski definition) is 0. The van der Waals surface area contributed by atoms with Gasteiger partial charge in [0.1, 0.15) is 0 Å².